The Hall–Kier alpha value is -2.31. The number of likely N-dealkylation sites (N-methyl/N-ethyl adjacent to an activating group) is 1. The lowest BCUT2D eigenvalue weighted by Crippen LogP contribution is -2.62. The van der Waals surface area contributed by atoms with Crippen molar-refractivity contribution >= 4 is 16.3 Å². The first-order valence-corrected chi connectivity index (χ1v) is 13.4. The highest BCUT2D eigenvalue weighted by Crippen LogP contribution is 2.69. The van der Waals surface area contributed by atoms with Crippen molar-refractivity contribution in [3.05, 3.63) is 71.1 Å². The van der Waals surface area contributed by atoms with Gasteiger partial charge in [0.25, 0.3) is 0 Å². The Morgan fingerprint density at radius 3 is 2.75 bits per heavy atom. The smallest absolute Gasteiger partial charge is 0.105 e. The zero-order valence-electron chi connectivity index (χ0n) is 21.7. The van der Waals surface area contributed by atoms with Crippen LogP contribution < -0.4 is 0 Å². The van der Waals surface area contributed by atoms with Gasteiger partial charge in [-0.1, -0.05) is 36.8 Å². The average Bonchev–Trinajstić information content (AvgIpc) is 3.36. The van der Waals surface area contributed by atoms with Crippen LogP contribution in [0.3, 0.4) is 0 Å². The number of nitrogens with zero attached hydrogens (tertiary/aromatic N) is 2. The number of hydrogen-bond acceptors (Lipinski definition) is 5. The van der Waals surface area contributed by atoms with Gasteiger partial charge in [0.15, 0.2) is 0 Å². The zero-order chi connectivity index (χ0) is 25.0. The van der Waals surface area contributed by atoms with Gasteiger partial charge in [-0.2, -0.15) is 0 Å². The van der Waals surface area contributed by atoms with Crippen molar-refractivity contribution in [1.29, 1.82) is 0 Å². The van der Waals surface area contributed by atoms with Gasteiger partial charge in [0.1, 0.15) is 6.10 Å². The molecule has 3 heterocycles. The third-order valence-electron chi connectivity index (χ3n) is 10.3. The number of allylic oxidation sites excluding steroid dienone is 3. The highest BCUT2D eigenvalue weighted by Gasteiger charge is 2.68. The first-order chi connectivity index (χ1) is 17.2. The summed E-state index contributed by atoms with van der Waals surface area (Å²) in [4.78, 5) is 6.39. The van der Waals surface area contributed by atoms with Crippen LogP contribution in [0.5, 0.6) is 0 Å². The monoisotopic (exact) mass is 484 g/mol. The summed E-state index contributed by atoms with van der Waals surface area (Å²) < 4.78 is 7.32. The van der Waals surface area contributed by atoms with Crippen LogP contribution in [0.2, 0.25) is 0 Å². The van der Waals surface area contributed by atoms with Crippen LogP contribution in [0.1, 0.15) is 51.5 Å². The topological polar surface area (TPSA) is 65.8 Å². The molecule has 5 aliphatic rings. The Morgan fingerprint density at radius 1 is 1.11 bits per heavy atom. The van der Waals surface area contributed by atoms with Gasteiger partial charge >= 0.3 is 0 Å². The molecule has 0 radical (unpaired) electrons. The maximum absolute atomic E-state index is 11.2. The van der Waals surface area contributed by atoms with Gasteiger partial charge < -0.3 is 19.8 Å². The zero-order valence-corrected chi connectivity index (χ0v) is 21.7. The number of benzene rings is 1. The number of hydrogen-bond donors (Lipinski definition) is 2. The summed E-state index contributed by atoms with van der Waals surface area (Å²) in [6, 6.07) is 8.72. The fraction of sp³-hybridized carbons (Fsp3) is 0.516. The van der Waals surface area contributed by atoms with Crippen LogP contribution in [0.15, 0.2) is 65.5 Å². The number of ether oxygens (including phenoxy) is 1. The largest absolute Gasteiger partial charge is 0.388 e. The van der Waals surface area contributed by atoms with E-state index in [1.165, 1.54) is 33.1 Å². The molecule has 7 rings (SSSR count). The molecule has 2 bridgehead atoms. The molecule has 1 saturated heterocycles. The molecule has 5 nitrogen and oxygen atoms in total. The van der Waals surface area contributed by atoms with Crippen LogP contribution in [0.4, 0.5) is 0 Å². The second-order valence-corrected chi connectivity index (χ2v) is 12.4. The molecule has 188 valence electrons. The number of aromatic nitrogens is 1. The Bertz CT molecular complexity index is 1370. The quantitative estimate of drug-likeness (QED) is 0.650. The molecule has 2 aromatic rings. The van der Waals surface area contributed by atoms with E-state index in [0.29, 0.717) is 5.92 Å². The SMILES string of the molecule is CC1=C2C=C3C(O)C(O)C(N(C)C)CC34CCC2(O4)C2CC=C(c3ccc4ccncc4c3)C2(C)C1. The van der Waals surface area contributed by atoms with Crippen LogP contribution in [-0.4, -0.2) is 63.6 Å². The lowest BCUT2D eigenvalue weighted by molar-refractivity contribution is -0.162. The van der Waals surface area contributed by atoms with Gasteiger partial charge in [0.2, 0.25) is 0 Å². The molecular weight excluding hydrogens is 448 g/mol. The summed E-state index contributed by atoms with van der Waals surface area (Å²) in [5, 5.41) is 24.6. The first kappa shape index (κ1) is 22.9. The number of pyridine rings is 1. The summed E-state index contributed by atoms with van der Waals surface area (Å²) in [7, 11) is 3.97. The van der Waals surface area contributed by atoms with Crippen LogP contribution in [0.25, 0.3) is 16.3 Å². The first-order valence-electron chi connectivity index (χ1n) is 13.4. The molecule has 0 amide bonds. The Balaban J connectivity index is 1.33. The second-order valence-electron chi connectivity index (χ2n) is 12.4. The Morgan fingerprint density at radius 2 is 1.94 bits per heavy atom. The molecule has 7 atom stereocenters. The van der Waals surface area contributed by atoms with E-state index in [-0.39, 0.29) is 17.1 Å². The van der Waals surface area contributed by atoms with E-state index in [2.05, 4.69) is 55.2 Å². The van der Waals surface area contributed by atoms with E-state index in [4.69, 9.17) is 4.74 Å². The molecule has 2 N–H and O–H groups in total. The van der Waals surface area contributed by atoms with Crippen molar-refractivity contribution in [3.63, 3.8) is 0 Å². The maximum atomic E-state index is 11.2. The van der Waals surface area contributed by atoms with Crippen molar-refractivity contribution in [2.45, 2.75) is 75.4 Å². The van der Waals surface area contributed by atoms with E-state index in [1.54, 1.807) is 0 Å². The molecule has 2 aliphatic heterocycles. The molecule has 36 heavy (non-hydrogen) atoms. The van der Waals surface area contributed by atoms with Crippen molar-refractivity contribution < 1.29 is 14.9 Å². The molecule has 3 aliphatic carbocycles. The highest BCUT2D eigenvalue weighted by atomic mass is 16.5. The summed E-state index contributed by atoms with van der Waals surface area (Å²) in [6.07, 6.45) is 11.4. The predicted octanol–water partition coefficient (Wildman–Crippen LogP) is 4.65. The van der Waals surface area contributed by atoms with Gasteiger partial charge in [-0.15, -0.1) is 0 Å². The van der Waals surface area contributed by atoms with Gasteiger partial charge in [-0.25, -0.2) is 0 Å². The molecule has 5 heteroatoms. The number of rotatable bonds is 2. The lowest BCUT2D eigenvalue weighted by Gasteiger charge is -2.56. The fourth-order valence-electron chi connectivity index (χ4n) is 8.70. The molecule has 2 spiro atoms. The van der Waals surface area contributed by atoms with E-state index in [9.17, 15) is 10.2 Å². The number of fused-ring (bicyclic) bond motifs is 2. The normalized spacial score (nSPS) is 41.2. The Labute approximate surface area is 213 Å². The van der Waals surface area contributed by atoms with Crippen molar-refractivity contribution in [3.8, 4) is 0 Å². The molecule has 1 aromatic heterocycles. The third-order valence-corrected chi connectivity index (χ3v) is 10.3. The van der Waals surface area contributed by atoms with Crippen molar-refractivity contribution in [1.82, 2.24) is 9.88 Å². The lowest BCUT2D eigenvalue weighted by atomic mass is 9.56. The maximum Gasteiger partial charge on any atom is 0.105 e. The fourth-order valence-corrected chi connectivity index (χ4v) is 8.70. The highest BCUT2D eigenvalue weighted by molar-refractivity contribution is 5.87. The predicted molar refractivity (Wildman–Crippen MR) is 141 cm³/mol. The minimum atomic E-state index is -0.890. The van der Waals surface area contributed by atoms with Crippen molar-refractivity contribution in [2.75, 3.05) is 14.1 Å². The minimum absolute atomic E-state index is 0.0198. The molecule has 1 saturated carbocycles. The van der Waals surface area contributed by atoms with E-state index in [1.807, 2.05) is 31.4 Å². The standard InChI is InChI=1S/C31H36N2O3/c1-18-15-29(2)22(20-6-5-19-9-12-32-17-21(19)13-20)7-8-26(29)31-11-10-30(36-31)16-25(33(3)4)28(35)27(34)24(30)14-23(18)31/h5-7,9,12-14,17,25-28,34-35H,8,10-11,15-16H2,1-4H3. The van der Waals surface area contributed by atoms with Gasteiger partial charge in [0.05, 0.1) is 17.3 Å². The minimum Gasteiger partial charge on any atom is -0.388 e. The van der Waals surface area contributed by atoms with Gasteiger partial charge in [-0.3, -0.25) is 4.98 Å². The Kier molecular flexibility index (Phi) is 4.69. The summed E-state index contributed by atoms with van der Waals surface area (Å²) in [5.74, 6) is 0.349. The van der Waals surface area contributed by atoms with E-state index >= 15 is 0 Å². The molecular formula is C31H36N2O3. The molecule has 7 unspecified atom stereocenters. The van der Waals surface area contributed by atoms with Crippen molar-refractivity contribution in [2.24, 2.45) is 11.3 Å². The second kappa shape index (κ2) is 7.38. The van der Waals surface area contributed by atoms with Gasteiger partial charge in [0, 0.05) is 35.2 Å². The summed E-state index contributed by atoms with van der Waals surface area (Å²) in [5.41, 5.74) is 5.38. The molecule has 2 fully saturated rings. The summed E-state index contributed by atoms with van der Waals surface area (Å²) >= 11 is 0. The summed E-state index contributed by atoms with van der Waals surface area (Å²) in [6.45, 7) is 4.69. The van der Waals surface area contributed by atoms with Gasteiger partial charge in [-0.05, 0) is 92.9 Å². The molecule has 1 aromatic carbocycles. The van der Waals surface area contributed by atoms with E-state index < -0.39 is 17.8 Å². The van der Waals surface area contributed by atoms with Crippen LogP contribution in [-0.2, 0) is 4.74 Å². The van der Waals surface area contributed by atoms with E-state index in [0.717, 1.165) is 37.7 Å². The average molecular weight is 485 g/mol. The van der Waals surface area contributed by atoms with Crippen LogP contribution >= 0.6 is 0 Å². The third kappa shape index (κ3) is 2.78. The number of aliphatic hydroxyl groups is 2. The number of aliphatic hydroxyl groups excluding tert-OH is 2. The van der Waals surface area contributed by atoms with Crippen LogP contribution in [0, 0.1) is 11.3 Å².